The molecule has 0 spiro atoms. The Hall–Kier alpha value is -3.20. The molecule has 3 rings (SSSR count). The molecule has 1 aromatic heterocycles. The van der Waals surface area contributed by atoms with E-state index in [4.69, 9.17) is 0 Å². The first-order chi connectivity index (χ1) is 12.3. The smallest absolute Gasteiger partial charge is 0.270 e. The fourth-order valence-electron chi connectivity index (χ4n) is 2.47. The molecular weight excluding hydrogens is 356 g/mol. The summed E-state index contributed by atoms with van der Waals surface area (Å²) in [5.41, 5.74) is 1.96. The minimum atomic E-state index is -3.61. The van der Waals surface area contributed by atoms with Crippen LogP contribution in [-0.2, 0) is 16.4 Å². The van der Waals surface area contributed by atoms with Crippen LogP contribution in [0.4, 0.5) is 11.4 Å². The molecule has 0 unspecified atom stereocenters. The summed E-state index contributed by atoms with van der Waals surface area (Å²) in [7, 11) is -3.61. The van der Waals surface area contributed by atoms with E-state index in [1.54, 1.807) is 12.5 Å². The molecule has 9 heteroatoms. The van der Waals surface area contributed by atoms with Gasteiger partial charge in [-0.3, -0.25) is 10.1 Å². The first-order valence-electron chi connectivity index (χ1n) is 7.64. The fourth-order valence-corrected chi connectivity index (χ4v) is 3.35. The third-order valence-electron chi connectivity index (χ3n) is 3.80. The van der Waals surface area contributed by atoms with Crippen LogP contribution in [0.5, 0.6) is 0 Å². The summed E-state index contributed by atoms with van der Waals surface area (Å²) in [5, 5.41) is 13.9. The number of nitrogens with zero attached hydrogens (tertiary/aromatic N) is 3. The van der Waals surface area contributed by atoms with E-state index in [-0.39, 0.29) is 10.6 Å². The maximum atomic E-state index is 11.9. The number of benzene rings is 2. The molecular formula is C17H16N4O4S. The Morgan fingerprint density at radius 3 is 2.50 bits per heavy atom. The highest BCUT2D eigenvalue weighted by atomic mass is 32.2. The van der Waals surface area contributed by atoms with Crippen molar-refractivity contribution in [1.82, 2.24) is 9.55 Å². The quantitative estimate of drug-likeness (QED) is 0.527. The van der Waals surface area contributed by atoms with Crippen LogP contribution >= 0.6 is 0 Å². The van der Waals surface area contributed by atoms with Crippen molar-refractivity contribution in [2.24, 2.45) is 0 Å². The van der Waals surface area contributed by atoms with Crippen molar-refractivity contribution in [2.75, 3.05) is 11.6 Å². The molecule has 8 nitrogen and oxygen atoms in total. The zero-order valence-electron chi connectivity index (χ0n) is 13.9. The maximum absolute atomic E-state index is 11.9. The van der Waals surface area contributed by atoms with Crippen LogP contribution in [0.2, 0.25) is 0 Å². The molecule has 0 fully saturated rings. The predicted octanol–water partition coefficient (Wildman–Crippen LogP) is 2.80. The molecule has 0 atom stereocenters. The Morgan fingerprint density at radius 2 is 1.92 bits per heavy atom. The second-order valence-electron chi connectivity index (χ2n) is 5.70. The van der Waals surface area contributed by atoms with Gasteiger partial charge in [0.1, 0.15) is 0 Å². The second kappa shape index (κ2) is 6.96. The van der Waals surface area contributed by atoms with Crippen molar-refractivity contribution >= 4 is 21.2 Å². The Morgan fingerprint density at radius 1 is 1.19 bits per heavy atom. The van der Waals surface area contributed by atoms with Gasteiger partial charge >= 0.3 is 0 Å². The number of sulfone groups is 1. The van der Waals surface area contributed by atoms with E-state index < -0.39 is 14.8 Å². The molecule has 134 valence electrons. The number of aromatic nitrogens is 2. The van der Waals surface area contributed by atoms with Gasteiger partial charge in [-0.2, -0.15) is 0 Å². The van der Waals surface area contributed by atoms with Gasteiger partial charge in [0.2, 0.25) is 0 Å². The van der Waals surface area contributed by atoms with E-state index in [0.717, 1.165) is 23.6 Å². The first kappa shape index (κ1) is 17.6. The van der Waals surface area contributed by atoms with E-state index in [0.29, 0.717) is 12.2 Å². The number of hydrogen-bond donors (Lipinski definition) is 1. The van der Waals surface area contributed by atoms with Crippen molar-refractivity contribution in [1.29, 1.82) is 0 Å². The average Bonchev–Trinajstić information content (AvgIpc) is 3.14. The summed E-state index contributed by atoms with van der Waals surface area (Å²) < 4.78 is 25.8. The summed E-state index contributed by atoms with van der Waals surface area (Å²) in [6.07, 6.45) is 6.25. The standard InChI is InChI=1S/C17H16N4O4S/c1-26(24,25)17-10-15(21(22)23)6-7-16(17)19-11-13-2-4-14(5-3-13)20-9-8-18-12-20/h2-10,12,19H,11H2,1H3. The molecule has 0 aliphatic heterocycles. The van der Waals surface area contributed by atoms with Crippen molar-refractivity contribution in [2.45, 2.75) is 11.4 Å². The molecule has 3 aromatic rings. The third kappa shape index (κ3) is 3.89. The SMILES string of the molecule is CS(=O)(=O)c1cc([N+](=O)[O-])ccc1NCc1ccc(-n2ccnc2)cc1. The number of anilines is 1. The summed E-state index contributed by atoms with van der Waals surface area (Å²) in [6.45, 7) is 0.380. The minimum absolute atomic E-state index is 0.0956. The maximum Gasteiger partial charge on any atom is 0.270 e. The Balaban J connectivity index is 1.80. The van der Waals surface area contributed by atoms with Crippen LogP contribution in [0.25, 0.3) is 5.69 Å². The Bertz CT molecular complexity index is 1030. The van der Waals surface area contributed by atoms with Crippen LogP contribution in [0, 0.1) is 10.1 Å². The lowest BCUT2D eigenvalue weighted by Crippen LogP contribution is -2.07. The number of imidazole rings is 1. The Kier molecular flexibility index (Phi) is 4.72. The van der Waals surface area contributed by atoms with Crippen molar-refractivity contribution < 1.29 is 13.3 Å². The first-order valence-corrected chi connectivity index (χ1v) is 9.53. The van der Waals surface area contributed by atoms with Crippen LogP contribution in [-0.4, -0.2) is 29.1 Å². The molecule has 0 saturated heterocycles. The van der Waals surface area contributed by atoms with Crippen molar-refractivity contribution in [3.05, 3.63) is 76.9 Å². The lowest BCUT2D eigenvalue weighted by atomic mass is 10.2. The van der Waals surface area contributed by atoms with Gasteiger partial charge in [-0.05, 0) is 23.8 Å². The summed E-state index contributed by atoms with van der Waals surface area (Å²) in [6, 6.07) is 11.4. The molecule has 0 aliphatic carbocycles. The fraction of sp³-hybridized carbons (Fsp3) is 0.118. The number of non-ortho nitro benzene ring substituents is 1. The molecule has 1 N–H and O–H groups in total. The molecule has 0 bridgehead atoms. The van der Waals surface area contributed by atoms with Gasteiger partial charge in [-0.25, -0.2) is 13.4 Å². The van der Waals surface area contributed by atoms with Crippen LogP contribution in [0.3, 0.4) is 0 Å². The van der Waals surface area contributed by atoms with Gasteiger partial charge in [-0.15, -0.1) is 0 Å². The van der Waals surface area contributed by atoms with Gasteiger partial charge in [0, 0.05) is 43.0 Å². The topological polar surface area (TPSA) is 107 Å². The molecule has 26 heavy (non-hydrogen) atoms. The van der Waals surface area contributed by atoms with Gasteiger partial charge in [0.25, 0.3) is 5.69 Å². The molecule has 1 heterocycles. The van der Waals surface area contributed by atoms with E-state index in [1.165, 1.54) is 12.1 Å². The van der Waals surface area contributed by atoms with Crippen LogP contribution in [0.15, 0.2) is 66.1 Å². The lowest BCUT2D eigenvalue weighted by molar-refractivity contribution is -0.385. The lowest BCUT2D eigenvalue weighted by Gasteiger charge is -2.11. The average molecular weight is 372 g/mol. The number of rotatable bonds is 6. The highest BCUT2D eigenvalue weighted by Gasteiger charge is 2.18. The molecule has 0 aliphatic rings. The summed E-state index contributed by atoms with van der Waals surface area (Å²) in [5.74, 6) is 0. The third-order valence-corrected chi connectivity index (χ3v) is 4.93. The Labute approximate surface area is 150 Å². The number of nitro benzene ring substituents is 1. The molecule has 0 amide bonds. The number of nitro groups is 1. The monoisotopic (exact) mass is 372 g/mol. The van der Waals surface area contributed by atoms with Gasteiger partial charge < -0.3 is 9.88 Å². The van der Waals surface area contributed by atoms with E-state index in [2.05, 4.69) is 10.3 Å². The van der Waals surface area contributed by atoms with Crippen molar-refractivity contribution in [3.63, 3.8) is 0 Å². The van der Waals surface area contributed by atoms with Crippen LogP contribution < -0.4 is 5.32 Å². The molecule has 0 radical (unpaired) electrons. The highest BCUT2D eigenvalue weighted by molar-refractivity contribution is 7.90. The summed E-state index contributed by atoms with van der Waals surface area (Å²) in [4.78, 5) is 14.2. The van der Waals surface area contributed by atoms with Crippen LogP contribution in [0.1, 0.15) is 5.56 Å². The zero-order valence-corrected chi connectivity index (χ0v) is 14.7. The normalized spacial score (nSPS) is 11.3. The molecule has 0 saturated carbocycles. The van der Waals surface area contributed by atoms with Gasteiger partial charge in [0.05, 0.1) is 21.8 Å². The number of hydrogen-bond acceptors (Lipinski definition) is 6. The molecule has 2 aromatic carbocycles. The zero-order chi connectivity index (χ0) is 18.7. The highest BCUT2D eigenvalue weighted by Crippen LogP contribution is 2.27. The largest absolute Gasteiger partial charge is 0.380 e. The second-order valence-corrected chi connectivity index (χ2v) is 7.68. The number of nitrogens with one attached hydrogen (secondary N) is 1. The van der Waals surface area contributed by atoms with Gasteiger partial charge in [0.15, 0.2) is 9.84 Å². The van der Waals surface area contributed by atoms with Crippen molar-refractivity contribution in [3.8, 4) is 5.69 Å². The van der Waals surface area contributed by atoms with E-state index >= 15 is 0 Å². The minimum Gasteiger partial charge on any atom is -0.380 e. The predicted molar refractivity (Wildman–Crippen MR) is 97.1 cm³/mol. The van der Waals surface area contributed by atoms with Gasteiger partial charge in [-0.1, -0.05) is 12.1 Å². The van der Waals surface area contributed by atoms with E-state index in [1.807, 2.05) is 35.0 Å². The summed E-state index contributed by atoms with van der Waals surface area (Å²) >= 11 is 0. The van der Waals surface area contributed by atoms with E-state index in [9.17, 15) is 18.5 Å².